The number of nitrogens with zero attached hydrogens (tertiary/aromatic N) is 2. The number of morpholine rings is 1. The van der Waals surface area contributed by atoms with Crippen molar-refractivity contribution >= 4 is 0 Å². The van der Waals surface area contributed by atoms with Crippen molar-refractivity contribution in [3.63, 3.8) is 0 Å². The van der Waals surface area contributed by atoms with Crippen LogP contribution in [0, 0.1) is 0 Å². The van der Waals surface area contributed by atoms with Gasteiger partial charge in [0.1, 0.15) is 18.5 Å². The molecule has 0 radical (unpaired) electrons. The zero-order valence-corrected chi connectivity index (χ0v) is 10.8. The summed E-state index contributed by atoms with van der Waals surface area (Å²) in [5.41, 5.74) is 6.36. The van der Waals surface area contributed by atoms with E-state index < -0.39 is 0 Å². The monoisotopic (exact) mass is 251 g/mol. The molecule has 1 atom stereocenters. The molecule has 5 nitrogen and oxygen atoms in total. The lowest BCUT2D eigenvalue weighted by atomic mass is 10.3. The zero-order valence-electron chi connectivity index (χ0n) is 10.8. The van der Waals surface area contributed by atoms with Gasteiger partial charge in [0, 0.05) is 19.6 Å². The summed E-state index contributed by atoms with van der Waals surface area (Å²) in [6.45, 7) is 6.99. The van der Waals surface area contributed by atoms with Crippen molar-refractivity contribution in [1.29, 1.82) is 0 Å². The maximum absolute atomic E-state index is 5.68. The fourth-order valence-corrected chi connectivity index (χ4v) is 1.97. The molecular weight excluding hydrogens is 230 g/mol. The first kappa shape index (κ1) is 13.3. The number of ether oxygens (including phenoxy) is 2. The van der Waals surface area contributed by atoms with Crippen LogP contribution in [-0.4, -0.2) is 48.8 Å². The summed E-state index contributed by atoms with van der Waals surface area (Å²) in [5, 5.41) is 0. The second-order valence-electron chi connectivity index (χ2n) is 4.39. The van der Waals surface area contributed by atoms with Gasteiger partial charge in [-0.25, -0.2) is 0 Å². The van der Waals surface area contributed by atoms with Gasteiger partial charge in [-0.2, -0.15) is 0 Å². The van der Waals surface area contributed by atoms with E-state index in [9.17, 15) is 0 Å². The molecule has 5 heteroatoms. The Bertz CT molecular complexity index is 356. The lowest BCUT2D eigenvalue weighted by Crippen LogP contribution is -2.44. The summed E-state index contributed by atoms with van der Waals surface area (Å²) in [4.78, 5) is 6.56. The molecule has 1 aliphatic rings. The van der Waals surface area contributed by atoms with Gasteiger partial charge >= 0.3 is 0 Å². The van der Waals surface area contributed by atoms with E-state index in [2.05, 4.69) is 16.8 Å². The van der Waals surface area contributed by atoms with E-state index >= 15 is 0 Å². The minimum Gasteiger partial charge on any atom is -0.489 e. The van der Waals surface area contributed by atoms with Crippen molar-refractivity contribution in [3.05, 3.63) is 24.0 Å². The summed E-state index contributed by atoms with van der Waals surface area (Å²) in [6.07, 6.45) is 1.86. The molecule has 0 aliphatic carbocycles. The highest BCUT2D eigenvalue weighted by Crippen LogP contribution is 2.11. The van der Waals surface area contributed by atoms with Gasteiger partial charge in [-0.15, -0.1) is 0 Å². The molecule has 18 heavy (non-hydrogen) atoms. The Kier molecular flexibility index (Phi) is 4.92. The predicted molar refractivity (Wildman–Crippen MR) is 69.5 cm³/mol. The Hall–Kier alpha value is -1.17. The summed E-state index contributed by atoms with van der Waals surface area (Å²) in [5.74, 6) is 0.768. The number of nitrogens with two attached hydrogens (primary N) is 1. The van der Waals surface area contributed by atoms with Crippen LogP contribution in [0.5, 0.6) is 5.75 Å². The number of rotatable bonds is 5. The highest BCUT2D eigenvalue weighted by atomic mass is 16.5. The van der Waals surface area contributed by atoms with Crippen molar-refractivity contribution in [2.75, 3.05) is 32.8 Å². The van der Waals surface area contributed by atoms with Crippen LogP contribution in [0.25, 0.3) is 0 Å². The normalized spacial score (nSPS) is 20.9. The third-order valence-electron chi connectivity index (χ3n) is 3.11. The van der Waals surface area contributed by atoms with Gasteiger partial charge in [-0.05, 0) is 18.7 Å². The third-order valence-corrected chi connectivity index (χ3v) is 3.11. The van der Waals surface area contributed by atoms with Crippen LogP contribution in [0.1, 0.15) is 12.6 Å². The smallest absolute Gasteiger partial charge is 0.137 e. The molecule has 1 fully saturated rings. The van der Waals surface area contributed by atoms with E-state index in [1.807, 2.05) is 12.1 Å². The third kappa shape index (κ3) is 3.66. The second kappa shape index (κ2) is 6.68. The number of aromatic nitrogens is 1. The van der Waals surface area contributed by atoms with E-state index in [1.165, 1.54) is 0 Å². The van der Waals surface area contributed by atoms with Crippen molar-refractivity contribution in [2.45, 2.75) is 19.6 Å². The lowest BCUT2D eigenvalue weighted by Gasteiger charge is -2.31. The van der Waals surface area contributed by atoms with Gasteiger partial charge < -0.3 is 15.2 Å². The first-order valence-corrected chi connectivity index (χ1v) is 6.43. The van der Waals surface area contributed by atoms with E-state index in [-0.39, 0.29) is 6.10 Å². The molecule has 0 saturated carbocycles. The fraction of sp³-hybridized carbons (Fsp3) is 0.615. The molecule has 0 bridgehead atoms. The van der Waals surface area contributed by atoms with Crippen LogP contribution in [0.15, 0.2) is 18.3 Å². The Morgan fingerprint density at radius 1 is 1.56 bits per heavy atom. The van der Waals surface area contributed by atoms with Crippen molar-refractivity contribution in [2.24, 2.45) is 5.73 Å². The molecule has 1 saturated heterocycles. The van der Waals surface area contributed by atoms with Gasteiger partial charge in [0.2, 0.25) is 0 Å². The Morgan fingerprint density at radius 2 is 2.44 bits per heavy atom. The molecule has 2 rings (SSSR count). The van der Waals surface area contributed by atoms with Crippen LogP contribution in [0.4, 0.5) is 0 Å². The number of pyridine rings is 1. The summed E-state index contributed by atoms with van der Waals surface area (Å²) in [6, 6.07) is 3.78. The van der Waals surface area contributed by atoms with Crippen molar-refractivity contribution in [3.8, 4) is 5.75 Å². The van der Waals surface area contributed by atoms with Crippen LogP contribution in [0.3, 0.4) is 0 Å². The first-order valence-electron chi connectivity index (χ1n) is 6.43. The van der Waals surface area contributed by atoms with Gasteiger partial charge in [0.05, 0.1) is 18.5 Å². The average molecular weight is 251 g/mol. The quantitative estimate of drug-likeness (QED) is 0.832. The molecule has 1 aliphatic heterocycles. The van der Waals surface area contributed by atoms with E-state index in [0.29, 0.717) is 13.2 Å². The minimum atomic E-state index is 0.146. The molecule has 1 unspecified atom stereocenters. The molecule has 2 N–H and O–H groups in total. The SMILES string of the molecule is CCN1CCOC(COc2ccc(CN)nc2)C1. The average Bonchev–Trinajstić information content (AvgIpc) is 2.46. The molecular formula is C13H21N3O2. The van der Waals surface area contributed by atoms with Gasteiger partial charge in [0.15, 0.2) is 0 Å². The summed E-state index contributed by atoms with van der Waals surface area (Å²) in [7, 11) is 0. The van der Waals surface area contributed by atoms with Crippen molar-refractivity contribution < 1.29 is 9.47 Å². The van der Waals surface area contributed by atoms with Crippen LogP contribution in [-0.2, 0) is 11.3 Å². The maximum atomic E-state index is 5.68. The molecule has 0 spiro atoms. The molecule has 0 aromatic carbocycles. The second-order valence-corrected chi connectivity index (χ2v) is 4.39. The molecule has 1 aromatic rings. The van der Waals surface area contributed by atoms with Crippen LogP contribution < -0.4 is 10.5 Å². The number of hydrogen-bond acceptors (Lipinski definition) is 5. The number of likely N-dealkylation sites (N-methyl/N-ethyl adjacent to an activating group) is 1. The molecule has 1 aromatic heterocycles. The van der Waals surface area contributed by atoms with E-state index in [4.69, 9.17) is 15.2 Å². The maximum Gasteiger partial charge on any atom is 0.137 e. The van der Waals surface area contributed by atoms with Crippen LogP contribution >= 0.6 is 0 Å². The van der Waals surface area contributed by atoms with Gasteiger partial charge in [-0.3, -0.25) is 9.88 Å². The first-order chi connectivity index (χ1) is 8.81. The standard InChI is InChI=1S/C13H21N3O2/c1-2-16-5-6-17-13(9-16)10-18-12-4-3-11(7-14)15-8-12/h3-4,8,13H,2,5-7,9-10,14H2,1H3. The highest BCUT2D eigenvalue weighted by Gasteiger charge is 2.19. The summed E-state index contributed by atoms with van der Waals surface area (Å²) < 4.78 is 11.4. The Balaban J connectivity index is 1.79. The minimum absolute atomic E-state index is 0.146. The summed E-state index contributed by atoms with van der Waals surface area (Å²) >= 11 is 0. The van der Waals surface area contributed by atoms with Gasteiger partial charge in [-0.1, -0.05) is 6.92 Å². The van der Waals surface area contributed by atoms with Crippen LogP contribution in [0.2, 0.25) is 0 Å². The lowest BCUT2D eigenvalue weighted by molar-refractivity contribution is -0.0464. The fourth-order valence-electron chi connectivity index (χ4n) is 1.97. The highest BCUT2D eigenvalue weighted by molar-refractivity contribution is 5.19. The molecule has 100 valence electrons. The van der Waals surface area contributed by atoms with Crippen molar-refractivity contribution in [1.82, 2.24) is 9.88 Å². The number of hydrogen-bond donors (Lipinski definition) is 1. The topological polar surface area (TPSA) is 60.6 Å². The predicted octanol–water partition coefficient (Wildman–Crippen LogP) is 0.640. The molecule has 2 heterocycles. The van der Waals surface area contributed by atoms with Gasteiger partial charge in [0.25, 0.3) is 0 Å². The Labute approximate surface area is 108 Å². The zero-order chi connectivity index (χ0) is 12.8. The largest absolute Gasteiger partial charge is 0.489 e. The van der Waals surface area contributed by atoms with E-state index in [0.717, 1.165) is 37.7 Å². The Morgan fingerprint density at radius 3 is 3.11 bits per heavy atom. The molecule has 0 amide bonds. The van der Waals surface area contributed by atoms with E-state index in [1.54, 1.807) is 6.20 Å².